The molecule has 0 spiro atoms. The molecule has 0 saturated heterocycles. The van der Waals surface area contributed by atoms with E-state index in [1.807, 2.05) is 32.9 Å². The van der Waals surface area contributed by atoms with Crippen molar-refractivity contribution in [3.05, 3.63) is 47.2 Å². The van der Waals surface area contributed by atoms with Gasteiger partial charge in [0.25, 0.3) is 0 Å². The molecule has 0 unspecified atom stereocenters. The molecule has 0 aliphatic heterocycles. The lowest BCUT2D eigenvalue weighted by atomic mass is 10.1. The van der Waals surface area contributed by atoms with Crippen LogP contribution in [0.25, 0.3) is 11.0 Å². The minimum absolute atomic E-state index is 0.135. The standard InChI is InChI=1S/C22H25N3O4/c1-6-7-29-22(26)20-21(23-15-10-16(27-4)12-17(11-15)28-5)25-19-9-14(3)13(2)8-18(19)24-20/h8-12H,6-7H2,1-5H3,(H,23,25). The molecule has 3 rings (SSSR count). The van der Waals surface area contributed by atoms with E-state index >= 15 is 0 Å². The summed E-state index contributed by atoms with van der Waals surface area (Å²) in [4.78, 5) is 21.8. The van der Waals surface area contributed by atoms with Gasteiger partial charge >= 0.3 is 5.97 Å². The summed E-state index contributed by atoms with van der Waals surface area (Å²) in [6, 6.07) is 9.22. The monoisotopic (exact) mass is 395 g/mol. The van der Waals surface area contributed by atoms with E-state index in [1.54, 1.807) is 32.4 Å². The Morgan fingerprint density at radius 1 is 0.931 bits per heavy atom. The molecule has 152 valence electrons. The van der Waals surface area contributed by atoms with Gasteiger partial charge in [0.15, 0.2) is 11.5 Å². The van der Waals surface area contributed by atoms with Gasteiger partial charge in [-0.3, -0.25) is 0 Å². The Morgan fingerprint density at radius 2 is 1.52 bits per heavy atom. The van der Waals surface area contributed by atoms with Crippen LogP contribution in [0.1, 0.15) is 35.0 Å². The van der Waals surface area contributed by atoms with Gasteiger partial charge in [-0.1, -0.05) is 6.92 Å². The first-order chi connectivity index (χ1) is 13.9. The number of benzene rings is 2. The number of aromatic nitrogens is 2. The van der Waals surface area contributed by atoms with E-state index in [2.05, 4.69) is 15.3 Å². The molecule has 0 fully saturated rings. The average molecular weight is 395 g/mol. The third-order valence-electron chi connectivity index (χ3n) is 4.52. The molecule has 0 aliphatic rings. The zero-order valence-electron chi connectivity index (χ0n) is 17.3. The molecule has 0 amide bonds. The van der Waals surface area contributed by atoms with Gasteiger partial charge in [-0.05, 0) is 43.5 Å². The summed E-state index contributed by atoms with van der Waals surface area (Å²) in [7, 11) is 3.15. The zero-order valence-corrected chi connectivity index (χ0v) is 17.3. The molecule has 7 nitrogen and oxygen atoms in total. The van der Waals surface area contributed by atoms with E-state index < -0.39 is 5.97 Å². The molecule has 0 atom stereocenters. The Labute approximate surface area is 170 Å². The Kier molecular flexibility index (Phi) is 6.16. The van der Waals surface area contributed by atoms with Crippen molar-refractivity contribution in [3.8, 4) is 11.5 Å². The van der Waals surface area contributed by atoms with Crippen LogP contribution >= 0.6 is 0 Å². The van der Waals surface area contributed by atoms with Crippen molar-refractivity contribution in [3.63, 3.8) is 0 Å². The van der Waals surface area contributed by atoms with Crippen LogP contribution < -0.4 is 14.8 Å². The Balaban J connectivity index is 2.11. The fraction of sp³-hybridized carbons (Fsp3) is 0.318. The Morgan fingerprint density at radius 3 is 2.07 bits per heavy atom. The van der Waals surface area contributed by atoms with Crippen molar-refractivity contribution >= 4 is 28.5 Å². The van der Waals surface area contributed by atoms with Crippen LogP contribution in [0.15, 0.2) is 30.3 Å². The van der Waals surface area contributed by atoms with Crippen molar-refractivity contribution in [1.29, 1.82) is 0 Å². The van der Waals surface area contributed by atoms with E-state index in [0.29, 0.717) is 40.6 Å². The number of aryl methyl sites for hydroxylation is 2. The summed E-state index contributed by atoms with van der Waals surface area (Å²) in [5.41, 5.74) is 4.31. The number of anilines is 2. The normalized spacial score (nSPS) is 10.7. The summed E-state index contributed by atoms with van der Waals surface area (Å²) in [6.45, 7) is 6.27. The van der Waals surface area contributed by atoms with Crippen LogP contribution in [0.4, 0.5) is 11.5 Å². The first kappa shape index (κ1) is 20.4. The lowest BCUT2D eigenvalue weighted by Crippen LogP contribution is -2.13. The number of carbonyl (C=O) groups excluding carboxylic acids is 1. The summed E-state index contributed by atoms with van der Waals surface area (Å²) < 4.78 is 16.0. The maximum Gasteiger partial charge on any atom is 0.360 e. The molecule has 29 heavy (non-hydrogen) atoms. The van der Waals surface area contributed by atoms with E-state index in [4.69, 9.17) is 14.2 Å². The van der Waals surface area contributed by atoms with Gasteiger partial charge in [-0.2, -0.15) is 0 Å². The maximum atomic E-state index is 12.6. The van der Waals surface area contributed by atoms with Crippen LogP contribution in [-0.2, 0) is 4.74 Å². The molecule has 0 radical (unpaired) electrons. The second kappa shape index (κ2) is 8.77. The van der Waals surface area contributed by atoms with Gasteiger partial charge in [0.1, 0.15) is 11.5 Å². The minimum atomic E-state index is -0.517. The van der Waals surface area contributed by atoms with E-state index in [0.717, 1.165) is 17.5 Å². The molecule has 7 heteroatoms. The largest absolute Gasteiger partial charge is 0.497 e. The van der Waals surface area contributed by atoms with Gasteiger partial charge < -0.3 is 19.5 Å². The highest BCUT2D eigenvalue weighted by Crippen LogP contribution is 2.29. The molecule has 0 bridgehead atoms. The Bertz CT molecular complexity index is 1030. The molecule has 1 heterocycles. The number of hydrogen-bond donors (Lipinski definition) is 1. The SMILES string of the molecule is CCCOC(=O)c1nc2cc(C)c(C)cc2nc1Nc1cc(OC)cc(OC)c1. The van der Waals surface area contributed by atoms with E-state index in [1.165, 1.54) is 0 Å². The molecule has 1 aromatic heterocycles. The number of nitrogens with zero attached hydrogens (tertiary/aromatic N) is 2. The summed E-state index contributed by atoms with van der Waals surface area (Å²) >= 11 is 0. The molecular weight excluding hydrogens is 370 g/mol. The van der Waals surface area contributed by atoms with Crippen molar-refractivity contribution in [1.82, 2.24) is 9.97 Å². The van der Waals surface area contributed by atoms with Crippen LogP contribution in [0.5, 0.6) is 11.5 Å². The highest BCUT2D eigenvalue weighted by Gasteiger charge is 2.19. The molecule has 1 N–H and O–H groups in total. The fourth-order valence-corrected chi connectivity index (χ4v) is 2.82. The number of carbonyl (C=O) groups is 1. The second-order valence-electron chi connectivity index (χ2n) is 6.71. The highest BCUT2D eigenvalue weighted by atomic mass is 16.5. The average Bonchev–Trinajstić information content (AvgIpc) is 2.72. The molecule has 2 aromatic carbocycles. The van der Waals surface area contributed by atoms with Crippen molar-refractivity contribution in [2.24, 2.45) is 0 Å². The number of rotatable bonds is 7. The van der Waals surface area contributed by atoms with Crippen molar-refractivity contribution in [2.45, 2.75) is 27.2 Å². The number of methoxy groups -OCH3 is 2. The van der Waals surface area contributed by atoms with Crippen LogP contribution in [0.2, 0.25) is 0 Å². The number of esters is 1. The molecule has 0 saturated carbocycles. The van der Waals surface area contributed by atoms with Crippen molar-refractivity contribution < 1.29 is 19.0 Å². The number of hydrogen-bond acceptors (Lipinski definition) is 7. The van der Waals surface area contributed by atoms with Crippen LogP contribution in [0, 0.1) is 13.8 Å². The minimum Gasteiger partial charge on any atom is -0.497 e. The van der Waals surface area contributed by atoms with Gasteiger partial charge in [-0.25, -0.2) is 14.8 Å². The smallest absolute Gasteiger partial charge is 0.360 e. The summed E-state index contributed by atoms with van der Waals surface area (Å²) in [5.74, 6) is 1.03. The number of nitrogens with one attached hydrogen (secondary N) is 1. The van der Waals surface area contributed by atoms with Gasteiger partial charge in [0.2, 0.25) is 0 Å². The molecule has 3 aromatic rings. The topological polar surface area (TPSA) is 82.6 Å². The maximum absolute atomic E-state index is 12.6. The quantitative estimate of drug-likeness (QED) is 0.587. The molecular formula is C22H25N3O4. The van der Waals surface area contributed by atoms with E-state index in [9.17, 15) is 4.79 Å². The van der Waals surface area contributed by atoms with Gasteiger partial charge in [0, 0.05) is 23.9 Å². The summed E-state index contributed by atoms with van der Waals surface area (Å²) in [6.07, 6.45) is 0.723. The highest BCUT2D eigenvalue weighted by molar-refractivity contribution is 5.96. The second-order valence-corrected chi connectivity index (χ2v) is 6.71. The zero-order chi connectivity index (χ0) is 21.0. The third-order valence-corrected chi connectivity index (χ3v) is 4.52. The lowest BCUT2D eigenvalue weighted by molar-refractivity contribution is 0.0499. The Hall–Kier alpha value is -3.35. The number of fused-ring (bicyclic) bond motifs is 1. The predicted octanol–water partition coefficient (Wildman–Crippen LogP) is 4.57. The molecule has 0 aliphatic carbocycles. The predicted molar refractivity (Wildman–Crippen MR) is 112 cm³/mol. The fourth-order valence-electron chi connectivity index (χ4n) is 2.82. The van der Waals surface area contributed by atoms with Crippen LogP contribution in [-0.4, -0.2) is 36.8 Å². The van der Waals surface area contributed by atoms with Crippen LogP contribution in [0.3, 0.4) is 0 Å². The first-order valence-corrected chi connectivity index (χ1v) is 9.41. The van der Waals surface area contributed by atoms with Gasteiger partial charge in [-0.15, -0.1) is 0 Å². The van der Waals surface area contributed by atoms with Crippen molar-refractivity contribution in [2.75, 3.05) is 26.1 Å². The van der Waals surface area contributed by atoms with E-state index in [-0.39, 0.29) is 5.69 Å². The lowest BCUT2D eigenvalue weighted by Gasteiger charge is -2.14. The number of ether oxygens (including phenoxy) is 3. The van der Waals surface area contributed by atoms with Gasteiger partial charge in [0.05, 0.1) is 31.9 Å². The summed E-state index contributed by atoms with van der Waals surface area (Å²) in [5, 5.41) is 3.17. The third kappa shape index (κ3) is 4.56. The first-order valence-electron chi connectivity index (χ1n) is 9.41.